The Morgan fingerprint density at radius 1 is 1.33 bits per heavy atom. The Bertz CT molecular complexity index is 675. The summed E-state index contributed by atoms with van der Waals surface area (Å²) in [6, 6.07) is 9.94. The zero-order valence-electron chi connectivity index (χ0n) is 12.1. The molecule has 1 aliphatic rings. The molecule has 0 atom stereocenters. The van der Waals surface area contributed by atoms with E-state index in [-0.39, 0.29) is 0 Å². The average Bonchev–Trinajstić information content (AvgIpc) is 2.48. The molecule has 1 aromatic carbocycles. The Kier molecular flexibility index (Phi) is 3.64. The van der Waals surface area contributed by atoms with Crippen LogP contribution in [0.15, 0.2) is 30.3 Å². The molecule has 1 fully saturated rings. The smallest absolute Gasteiger partial charge is 0.310 e. The van der Waals surface area contributed by atoms with Gasteiger partial charge in [0.25, 0.3) is 0 Å². The maximum atomic E-state index is 11.8. The van der Waals surface area contributed by atoms with Gasteiger partial charge >= 0.3 is 5.97 Å². The number of carboxylic acids is 1. The standard InChI is InChI=1S/C17H19NO3/c1-12-10-13(14-4-2-3-5-15(14)18-12)11-17(16(19)20)6-8-21-9-7-17/h2-5,10H,6-9,11H2,1H3,(H,19,20). The maximum Gasteiger partial charge on any atom is 0.310 e. The number of pyridine rings is 1. The molecule has 0 radical (unpaired) electrons. The van der Waals surface area contributed by atoms with E-state index in [1.165, 1.54) is 0 Å². The van der Waals surface area contributed by atoms with E-state index in [4.69, 9.17) is 4.74 Å². The quantitative estimate of drug-likeness (QED) is 0.942. The first kappa shape index (κ1) is 14.0. The van der Waals surface area contributed by atoms with Gasteiger partial charge < -0.3 is 9.84 Å². The van der Waals surface area contributed by atoms with Crippen molar-refractivity contribution in [1.82, 2.24) is 4.98 Å². The largest absolute Gasteiger partial charge is 0.481 e. The number of nitrogens with zero attached hydrogens (tertiary/aromatic N) is 1. The zero-order chi connectivity index (χ0) is 14.9. The predicted molar refractivity (Wildman–Crippen MR) is 80.3 cm³/mol. The summed E-state index contributed by atoms with van der Waals surface area (Å²) in [5.41, 5.74) is 2.22. The summed E-state index contributed by atoms with van der Waals surface area (Å²) in [5, 5.41) is 10.8. The first-order valence-corrected chi connectivity index (χ1v) is 7.27. The van der Waals surface area contributed by atoms with E-state index in [1.807, 2.05) is 37.3 Å². The van der Waals surface area contributed by atoms with Gasteiger partial charge in [0.15, 0.2) is 0 Å². The zero-order valence-corrected chi connectivity index (χ0v) is 12.1. The molecule has 1 saturated heterocycles. The number of para-hydroxylation sites is 1. The highest BCUT2D eigenvalue weighted by molar-refractivity contribution is 5.84. The number of aromatic nitrogens is 1. The molecule has 3 rings (SSSR count). The van der Waals surface area contributed by atoms with Gasteiger partial charge in [0.1, 0.15) is 0 Å². The van der Waals surface area contributed by atoms with E-state index >= 15 is 0 Å². The molecule has 1 aromatic heterocycles. The third-order valence-electron chi connectivity index (χ3n) is 4.36. The van der Waals surface area contributed by atoms with Gasteiger partial charge in [-0.25, -0.2) is 0 Å². The summed E-state index contributed by atoms with van der Waals surface area (Å²) in [6.45, 7) is 3.00. The Labute approximate surface area is 123 Å². The van der Waals surface area contributed by atoms with Crippen molar-refractivity contribution in [1.29, 1.82) is 0 Å². The number of fused-ring (bicyclic) bond motifs is 1. The van der Waals surface area contributed by atoms with Crippen molar-refractivity contribution in [2.75, 3.05) is 13.2 Å². The third-order valence-corrected chi connectivity index (χ3v) is 4.36. The van der Waals surface area contributed by atoms with E-state index in [0.29, 0.717) is 32.5 Å². The molecule has 21 heavy (non-hydrogen) atoms. The maximum absolute atomic E-state index is 11.8. The van der Waals surface area contributed by atoms with E-state index in [2.05, 4.69) is 4.98 Å². The predicted octanol–water partition coefficient (Wildman–Crippen LogP) is 2.97. The van der Waals surface area contributed by atoms with Crippen LogP contribution in [0, 0.1) is 12.3 Å². The van der Waals surface area contributed by atoms with E-state index in [9.17, 15) is 9.90 Å². The summed E-state index contributed by atoms with van der Waals surface area (Å²) in [4.78, 5) is 16.4. The normalized spacial score (nSPS) is 17.8. The highest BCUT2D eigenvalue weighted by atomic mass is 16.5. The fraction of sp³-hybridized carbons (Fsp3) is 0.412. The first-order valence-electron chi connectivity index (χ1n) is 7.27. The molecule has 0 amide bonds. The fourth-order valence-electron chi connectivity index (χ4n) is 3.13. The van der Waals surface area contributed by atoms with Crippen molar-refractivity contribution in [2.45, 2.75) is 26.2 Å². The lowest BCUT2D eigenvalue weighted by molar-refractivity contribution is -0.154. The highest BCUT2D eigenvalue weighted by Gasteiger charge is 2.40. The van der Waals surface area contributed by atoms with Crippen molar-refractivity contribution in [3.63, 3.8) is 0 Å². The number of rotatable bonds is 3. The molecule has 0 aliphatic carbocycles. The van der Waals surface area contributed by atoms with Crippen LogP contribution in [-0.4, -0.2) is 29.3 Å². The molecule has 0 spiro atoms. The number of hydrogen-bond acceptors (Lipinski definition) is 3. The van der Waals surface area contributed by atoms with Crippen molar-refractivity contribution in [2.24, 2.45) is 5.41 Å². The number of aryl methyl sites for hydroxylation is 1. The Morgan fingerprint density at radius 3 is 2.76 bits per heavy atom. The third kappa shape index (κ3) is 2.63. The summed E-state index contributed by atoms with van der Waals surface area (Å²) in [6.07, 6.45) is 1.67. The highest BCUT2D eigenvalue weighted by Crippen LogP contribution is 2.36. The van der Waals surface area contributed by atoms with E-state index in [1.54, 1.807) is 0 Å². The Balaban J connectivity index is 2.05. The second-order valence-electron chi connectivity index (χ2n) is 5.81. The first-order chi connectivity index (χ1) is 10.1. The monoisotopic (exact) mass is 285 g/mol. The molecule has 4 heteroatoms. The van der Waals surface area contributed by atoms with Crippen LogP contribution in [0.3, 0.4) is 0 Å². The van der Waals surface area contributed by atoms with Crippen LogP contribution >= 0.6 is 0 Å². The van der Waals surface area contributed by atoms with Gasteiger partial charge in [0.2, 0.25) is 0 Å². The molecule has 0 unspecified atom stereocenters. The lowest BCUT2D eigenvalue weighted by Crippen LogP contribution is -2.39. The minimum absolute atomic E-state index is 0.522. The van der Waals surface area contributed by atoms with Gasteiger partial charge in [-0.2, -0.15) is 0 Å². The Morgan fingerprint density at radius 2 is 2.05 bits per heavy atom. The fourth-order valence-corrected chi connectivity index (χ4v) is 3.13. The summed E-state index contributed by atoms with van der Waals surface area (Å²) >= 11 is 0. The topological polar surface area (TPSA) is 59.4 Å². The van der Waals surface area contributed by atoms with Crippen molar-refractivity contribution in [3.05, 3.63) is 41.6 Å². The van der Waals surface area contributed by atoms with Gasteiger partial charge in [0, 0.05) is 24.3 Å². The van der Waals surface area contributed by atoms with E-state index < -0.39 is 11.4 Å². The van der Waals surface area contributed by atoms with Crippen LogP contribution in [0.5, 0.6) is 0 Å². The molecule has 2 heterocycles. The number of benzene rings is 1. The van der Waals surface area contributed by atoms with Gasteiger partial charge in [-0.3, -0.25) is 9.78 Å². The average molecular weight is 285 g/mol. The lowest BCUT2D eigenvalue weighted by Gasteiger charge is -2.33. The van der Waals surface area contributed by atoms with Crippen LogP contribution in [-0.2, 0) is 16.0 Å². The van der Waals surface area contributed by atoms with Crippen LogP contribution in [0.4, 0.5) is 0 Å². The van der Waals surface area contributed by atoms with Crippen molar-refractivity contribution >= 4 is 16.9 Å². The number of carboxylic acid groups (broad SMARTS) is 1. The van der Waals surface area contributed by atoms with Gasteiger partial charge in [-0.05, 0) is 43.9 Å². The van der Waals surface area contributed by atoms with Crippen LogP contribution in [0.2, 0.25) is 0 Å². The molecule has 1 aliphatic heterocycles. The van der Waals surface area contributed by atoms with Crippen LogP contribution in [0.1, 0.15) is 24.1 Å². The van der Waals surface area contributed by atoms with Crippen molar-refractivity contribution in [3.8, 4) is 0 Å². The van der Waals surface area contributed by atoms with Gasteiger partial charge in [-0.15, -0.1) is 0 Å². The van der Waals surface area contributed by atoms with Gasteiger partial charge in [0.05, 0.1) is 10.9 Å². The van der Waals surface area contributed by atoms with Crippen LogP contribution < -0.4 is 0 Å². The van der Waals surface area contributed by atoms with Crippen LogP contribution in [0.25, 0.3) is 10.9 Å². The minimum atomic E-state index is -0.718. The Hall–Kier alpha value is -1.94. The summed E-state index contributed by atoms with van der Waals surface area (Å²) < 4.78 is 5.35. The number of aliphatic carboxylic acids is 1. The second kappa shape index (κ2) is 5.45. The minimum Gasteiger partial charge on any atom is -0.481 e. The molecule has 1 N–H and O–H groups in total. The number of carbonyl (C=O) groups is 1. The molecule has 110 valence electrons. The van der Waals surface area contributed by atoms with Gasteiger partial charge in [-0.1, -0.05) is 18.2 Å². The molecule has 4 nitrogen and oxygen atoms in total. The molecule has 0 bridgehead atoms. The van der Waals surface area contributed by atoms with Crippen molar-refractivity contribution < 1.29 is 14.6 Å². The molecular formula is C17H19NO3. The summed E-state index contributed by atoms with van der Waals surface area (Å²) in [7, 11) is 0. The molecule has 0 saturated carbocycles. The molecule has 2 aromatic rings. The molecular weight excluding hydrogens is 266 g/mol. The second-order valence-corrected chi connectivity index (χ2v) is 5.81. The number of ether oxygens (including phenoxy) is 1. The summed E-state index contributed by atoms with van der Waals surface area (Å²) in [5.74, 6) is -0.718. The number of hydrogen-bond donors (Lipinski definition) is 1. The SMILES string of the molecule is Cc1cc(CC2(C(=O)O)CCOCC2)c2ccccc2n1. The van der Waals surface area contributed by atoms with E-state index in [0.717, 1.165) is 22.2 Å². The lowest BCUT2D eigenvalue weighted by atomic mass is 9.75.